The molecule has 1 aliphatic heterocycles. The molecule has 5 heteroatoms. The van der Waals surface area contributed by atoms with E-state index in [4.69, 9.17) is 10.5 Å². The summed E-state index contributed by atoms with van der Waals surface area (Å²) in [5.41, 5.74) is 6.87. The van der Waals surface area contributed by atoms with E-state index >= 15 is 0 Å². The molecule has 1 aliphatic rings. The average molecular weight is 290 g/mol. The number of hydrogen-bond acceptors (Lipinski definition) is 3. The van der Waals surface area contributed by atoms with Gasteiger partial charge in [-0.1, -0.05) is 6.92 Å². The fourth-order valence-corrected chi connectivity index (χ4v) is 2.67. The molecule has 1 atom stereocenters. The van der Waals surface area contributed by atoms with E-state index in [1.54, 1.807) is 7.11 Å². The van der Waals surface area contributed by atoms with Crippen molar-refractivity contribution in [1.82, 2.24) is 4.90 Å². The van der Waals surface area contributed by atoms with Gasteiger partial charge in [0, 0.05) is 18.8 Å². The summed E-state index contributed by atoms with van der Waals surface area (Å²) in [7, 11) is 1.65. The van der Waals surface area contributed by atoms with Crippen molar-refractivity contribution in [3.8, 4) is 5.75 Å². The molecule has 0 bridgehead atoms. The minimum Gasteiger partial charge on any atom is -0.497 e. The number of methoxy groups -OCH3 is 1. The maximum absolute atomic E-state index is 5.94. The van der Waals surface area contributed by atoms with E-state index in [1.807, 2.05) is 24.3 Å². The molecule has 0 amide bonds. The summed E-state index contributed by atoms with van der Waals surface area (Å²) in [5, 5.41) is 3.11. The Morgan fingerprint density at radius 3 is 2.86 bits per heavy atom. The van der Waals surface area contributed by atoms with E-state index in [0.29, 0.717) is 11.9 Å². The third kappa shape index (κ3) is 4.93. The van der Waals surface area contributed by atoms with Gasteiger partial charge in [-0.05, 0) is 56.1 Å². The van der Waals surface area contributed by atoms with Crippen molar-refractivity contribution in [1.29, 1.82) is 0 Å². The van der Waals surface area contributed by atoms with Crippen LogP contribution in [0.5, 0.6) is 5.75 Å². The highest BCUT2D eigenvalue weighted by Crippen LogP contribution is 2.17. The fraction of sp³-hybridized carbons (Fsp3) is 0.562. The average Bonchev–Trinajstić information content (AvgIpc) is 2.94. The predicted octanol–water partition coefficient (Wildman–Crippen LogP) is 2.15. The maximum atomic E-state index is 5.94. The van der Waals surface area contributed by atoms with Crippen LogP contribution in [0.4, 0.5) is 5.69 Å². The first-order valence-corrected chi connectivity index (χ1v) is 7.64. The molecular formula is C16H26N4O. The molecule has 1 aromatic rings. The molecule has 1 saturated heterocycles. The van der Waals surface area contributed by atoms with Crippen LogP contribution >= 0.6 is 0 Å². The lowest BCUT2D eigenvalue weighted by atomic mass is 10.1. The number of nitrogens with one attached hydrogen (secondary N) is 1. The highest BCUT2D eigenvalue weighted by molar-refractivity contribution is 5.92. The highest BCUT2D eigenvalue weighted by atomic mass is 16.5. The Bertz CT molecular complexity index is 458. The molecule has 0 aromatic heterocycles. The van der Waals surface area contributed by atoms with Crippen LogP contribution in [0, 0.1) is 5.92 Å². The Morgan fingerprint density at radius 1 is 1.43 bits per heavy atom. The normalized spacial score (nSPS) is 19.7. The van der Waals surface area contributed by atoms with E-state index in [2.05, 4.69) is 22.1 Å². The van der Waals surface area contributed by atoms with Crippen LogP contribution in [0.1, 0.15) is 19.8 Å². The Hall–Kier alpha value is -1.75. The van der Waals surface area contributed by atoms with Crippen LogP contribution < -0.4 is 15.8 Å². The van der Waals surface area contributed by atoms with Gasteiger partial charge in [0.25, 0.3) is 0 Å². The third-order valence-corrected chi connectivity index (χ3v) is 3.79. The lowest BCUT2D eigenvalue weighted by Gasteiger charge is -2.13. The summed E-state index contributed by atoms with van der Waals surface area (Å²) in [4.78, 5) is 6.97. The number of rotatable bonds is 6. The monoisotopic (exact) mass is 290 g/mol. The van der Waals surface area contributed by atoms with Crippen LogP contribution in [-0.4, -0.2) is 44.1 Å². The Kier molecular flexibility index (Phi) is 5.87. The summed E-state index contributed by atoms with van der Waals surface area (Å²) in [6.45, 7) is 6.56. The first kappa shape index (κ1) is 15.6. The molecule has 0 spiro atoms. The van der Waals surface area contributed by atoms with Gasteiger partial charge in [-0.3, -0.25) is 4.99 Å². The lowest BCUT2D eigenvalue weighted by Crippen LogP contribution is -2.25. The molecule has 1 heterocycles. The molecule has 2 rings (SSSR count). The molecule has 5 nitrogen and oxygen atoms in total. The fourth-order valence-electron chi connectivity index (χ4n) is 2.67. The summed E-state index contributed by atoms with van der Waals surface area (Å²) in [6.07, 6.45) is 2.44. The van der Waals surface area contributed by atoms with Gasteiger partial charge in [-0.15, -0.1) is 0 Å². The van der Waals surface area contributed by atoms with Crippen LogP contribution in [0.3, 0.4) is 0 Å². The molecular weight excluding hydrogens is 264 g/mol. The number of hydrogen-bond donors (Lipinski definition) is 2. The zero-order valence-corrected chi connectivity index (χ0v) is 13.0. The lowest BCUT2D eigenvalue weighted by molar-refractivity contribution is 0.326. The quantitative estimate of drug-likeness (QED) is 0.622. The molecule has 3 N–H and O–H groups in total. The maximum Gasteiger partial charge on any atom is 0.193 e. The molecule has 0 aliphatic carbocycles. The van der Waals surface area contributed by atoms with E-state index in [1.165, 1.54) is 25.9 Å². The van der Waals surface area contributed by atoms with Gasteiger partial charge in [0.05, 0.1) is 7.11 Å². The second-order valence-electron chi connectivity index (χ2n) is 5.53. The van der Waals surface area contributed by atoms with Gasteiger partial charge in [0.2, 0.25) is 0 Å². The summed E-state index contributed by atoms with van der Waals surface area (Å²) in [6, 6.07) is 7.66. The molecule has 1 fully saturated rings. The SMILES string of the molecule is CCCN1CCC(CN=C(N)Nc2ccc(OC)cc2)C1. The Morgan fingerprint density at radius 2 is 2.19 bits per heavy atom. The second-order valence-corrected chi connectivity index (χ2v) is 5.53. The number of likely N-dealkylation sites (tertiary alicyclic amines) is 1. The number of aliphatic imine (C=N–C) groups is 1. The van der Waals surface area contributed by atoms with E-state index in [9.17, 15) is 0 Å². The topological polar surface area (TPSA) is 62.9 Å². The molecule has 21 heavy (non-hydrogen) atoms. The van der Waals surface area contributed by atoms with Crippen molar-refractivity contribution in [2.24, 2.45) is 16.6 Å². The molecule has 1 aromatic carbocycles. The van der Waals surface area contributed by atoms with Gasteiger partial charge >= 0.3 is 0 Å². The number of benzene rings is 1. The van der Waals surface area contributed by atoms with Crippen molar-refractivity contribution < 1.29 is 4.74 Å². The van der Waals surface area contributed by atoms with E-state index < -0.39 is 0 Å². The number of nitrogens with two attached hydrogens (primary N) is 1. The van der Waals surface area contributed by atoms with Crippen LogP contribution in [0.25, 0.3) is 0 Å². The zero-order valence-electron chi connectivity index (χ0n) is 13.0. The first-order chi connectivity index (χ1) is 10.2. The number of anilines is 1. The van der Waals surface area contributed by atoms with Gasteiger partial charge in [-0.2, -0.15) is 0 Å². The number of ether oxygens (including phenoxy) is 1. The van der Waals surface area contributed by atoms with E-state index in [-0.39, 0.29) is 0 Å². The summed E-state index contributed by atoms with van der Waals surface area (Å²) in [5.74, 6) is 1.94. The Balaban J connectivity index is 1.78. The van der Waals surface area contributed by atoms with Gasteiger partial charge in [0.15, 0.2) is 5.96 Å². The number of guanidine groups is 1. The predicted molar refractivity (Wildman–Crippen MR) is 87.9 cm³/mol. The van der Waals surface area contributed by atoms with Gasteiger partial charge < -0.3 is 20.7 Å². The summed E-state index contributed by atoms with van der Waals surface area (Å²) >= 11 is 0. The van der Waals surface area contributed by atoms with Crippen molar-refractivity contribution in [2.75, 3.05) is 38.6 Å². The zero-order chi connectivity index (χ0) is 15.1. The molecule has 0 saturated carbocycles. The summed E-state index contributed by atoms with van der Waals surface area (Å²) < 4.78 is 5.13. The molecule has 0 radical (unpaired) electrons. The van der Waals surface area contributed by atoms with Crippen molar-refractivity contribution in [3.05, 3.63) is 24.3 Å². The second kappa shape index (κ2) is 7.88. The highest BCUT2D eigenvalue weighted by Gasteiger charge is 2.21. The third-order valence-electron chi connectivity index (χ3n) is 3.79. The minimum absolute atomic E-state index is 0.481. The largest absolute Gasteiger partial charge is 0.497 e. The smallest absolute Gasteiger partial charge is 0.193 e. The number of nitrogens with zero attached hydrogens (tertiary/aromatic N) is 2. The molecule has 1 unspecified atom stereocenters. The van der Waals surface area contributed by atoms with Crippen molar-refractivity contribution in [2.45, 2.75) is 19.8 Å². The minimum atomic E-state index is 0.481. The van der Waals surface area contributed by atoms with Gasteiger partial charge in [-0.25, -0.2) is 0 Å². The first-order valence-electron chi connectivity index (χ1n) is 7.64. The Labute approximate surface area is 127 Å². The molecule has 116 valence electrons. The van der Waals surface area contributed by atoms with Crippen LogP contribution in [-0.2, 0) is 0 Å². The van der Waals surface area contributed by atoms with Crippen molar-refractivity contribution in [3.63, 3.8) is 0 Å². The van der Waals surface area contributed by atoms with Crippen molar-refractivity contribution >= 4 is 11.6 Å². The van der Waals surface area contributed by atoms with E-state index in [0.717, 1.165) is 24.5 Å². The van der Waals surface area contributed by atoms with Crippen LogP contribution in [0.15, 0.2) is 29.3 Å². The standard InChI is InChI=1S/C16H26N4O/c1-3-9-20-10-8-13(12-20)11-18-16(17)19-14-4-6-15(21-2)7-5-14/h4-7,13H,3,8-12H2,1-2H3,(H3,17,18,19). The van der Waals surface area contributed by atoms with Gasteiger partial charge in [0.1, 0.15) is 5.75 Å². The van der Waals surface area contributed by atoms with Crippen LogP contribution in [0.2, 0.25) is 0 Å².